The highest BCUT2D eigenvalue weighted by Gasteiger charge is 2.26. The largest absolute Gasteiger partial charge is 0.354 e. The highest BCUT2D eigenvalue weighted by atomic mass is 32.1. The van der Waals surface area contributed by atoms with Gasteiger partial charge >= 0.3 is 0 Å². The molecule has 0 atom stereocenters. The molecule has 2 aromatic rings. The molecule has 0 spiro atoms. The first-order valence-electron chi connectivity index (χ1n) is 7.19. The topological polar surface area (TPSA) is 36.4 Å². The maximum absolute atomic E-state index is 12.8. The number of benzene rings is 1. The molecule has 0 N–H and O–H groups in total. The third kappa shape index (κ3) is 2.78. The van der Waals surface area contributed by atoms with Crippen LogP contribution in [0.3, 0.4) is 0 Å². The van der Waals surface area contributed by atoms with E-state index in [-0.39, 0.29) is 5.91 Å². The van der Waals surface area contributed by atoms with Crippen molar-refractivity contribution < 1.29 is 4.79 Å². The lowest BCUT2D eigenvalue weighted by Crippen LogP contribution is -2.27. The highest BCUT2D eigenvalue weighted by molar-refractivity contribution is 7.18. The Morgan fingerprint density at radius 2 is 1.86 bits per heavy atom. The van der Waals surface area contributed by atoms with Crippen LogP contribution >= 0.6 is 11.3 Å². The van der Waals surface area contributed by atoms with Crippen LogP contribution in [-0.4, -0.2) is 43.0 Å². The van der Waals surface area contributed by atoms with Gasteiger partial charge in [-0.05, 0) is 12.8 Å². The van der Waals surface area contributed by atoms with E-state index in [1.54, 1.807) is 0 Å². The van der Waals surface area contributed by atoms with E-state index in [1.165, 1.54) is 11.3 Å². The Morgan fingerprint density at radius 3 is 2.48 bits per heavy atom. The van der Waals surface area contributed by atoms with Crippen molar-refractivity contribution in [2.24, 2.45) is 0 Å². The van der Waals surface area contributed by atoms with Crippen LogP contribution in [0.4, 0.5) is 5.13 Å². The summed E-state index contributed by atoms with van der Waals surface area (Å²) in [6.07, 6.45) is 2.21. The maximum Gasteiger partial charge on any atom is 0.266 e. The Labute approximate surface area is 129 Å². The van der Waals surface area contributed by atoms with Gasteiger partial charge in [-0.3, -0.25) is 4.79 Å². The first-order chi connectivity index (χ1) is 10.2. The van der Waals surface area contributed by atoms with Gasteiger partial charge in [0.15, 0.2) is 5.13 Å². The van der Waals surface area contributed by atoms with Crippen molar-refractivity contribution in [2.45, 2.75) is 12.8 Å². The third-order valence-electron chi connectivity index (χ3n) is 3.63. The van der Waals surface area contributed by atoms with Crippen molar-refractivity contribution in [3.63, 3.8) is 0 Å². The van der Waals surface area contributed by atoms with E-state index in [4.69, 9.17) is 0 Å². The van der Waals surface area contributed by atoms with Crippen molar-refractivity contribution in [3.8, 4) is 11.3 Å². The Morgan fingerprint density at radius 1 is 1.19 bits per heavy atom. The summed E-state index contributed by atoms with van der Waals surface area (Å²) < 4.78 is 0. The second-order valence-electron chi connectivity index (χ2n) is 5.43. The number of nitrogens with zero attached hydrogens (tertiary/aromatic N) is 3. The molecule has 21 heavy (non-hydrogen) atoms. The fourth-order valence-electron chi connectivity index (χ4n) is 2.50. The summed E-state index contributed by atoms with van der Waals surface area (Å²) >= 11 is 1.48. The first-order valence-corrected chi connectivity index (χ1v) is 8.01. The molecule has 0 bridgehead atoms. The molecule has 5 heteroatoms. The predicted molar refractivity (Wildman–Crippen MR) is 87.0 cm³/mol. The minimum absolute atomic E-state index is 0.122. The van der Waals surface area contributed by atoms with Crippen LogP contribution in [0.1, 0.15) is 22.5 Å². The Balaban J connectivity index is 2.03. The number of carbonyl (C=O) groups excluding carboxylic acids is 1. The average molecular weight is 301 g/mol. The van der Waals surface area contributed by atoms with Gasteiger partial charge in [-0.2, -0.15) is 0 Å². The molecule has 0 saturated carbocycles. The van der Waals surface area contributed by atoms with Gasteiger partial charge in [0, 0.05) is 32.7 Å². The van der Waals surface area contributed by atoms with Crippen LogP contribution in [0.15, 0.2) is 30.3 Å². The maximum atomic E-state index is 12.8. The summed E-state index contributed by atoms with van der Waals surface area (Å²) in [5.74, 6) is 0.122. The fraction of sp³-hybridized carbons (Fsp3) is 0.375. The molecule has 1 aliphatic heterocycles. The molecule has 3 rings (SSSR count). The highest BCUT2D eigenvalue weighted by Crippen LogP contribution is 2.33. The van der Waals surface area contributed by atoms with Gasteiger partial charge in [0.1, 0.15) is 4.88 Å². The summed E-state index contributed by atoms with van der Waals surface area (Å²) in [7, 11) is 3.91. The van der Waals surface area contributed by atoms with E-state index < -0.39 is 0 Å². The fourth-order valence-corrected chi connectivity index (χ4v) is 3.48. The second-order valence-corrected chi connectivity index (χ2v) is 6.41. The molecule has 4 nitrogen and oxygen atoms in total. The van der Waals surface area contributed by atoms with Crippen molar-refractivity contribution in [1.29, 1.82) is 0 Å². The molecule has 0 radical (unpaired) electrons. The van der Waals surface area contributed by atoms with Gasteiger partial charge in [-0.25, -0.2) is 4.98 Å². The first kappa shape index (κ1) is 14.1. The second kappa shape index (κ2) is 5.85. The van der Waals surface area contributed by atoms with Gasteiger partial charge < -0.3 is 9.80 Å². The summed E-state index contributed by atoms with van der Waals surface area (Å²) in [5.41, 5.74) is 1.81. The van der Waals surface area contributed by atoms with Crippen LogP contribution < -0.4 is 4.90 Å². The van der Waals surface area contributed by atoms with Crippen LogP contribution in [-0.2, 0) is 0 Å². The molecular weight excluding hydrogens is 282 g/mol. The average Bonchev–Trinajstić information content (AvgIpc) is 3.17. The van der Waals surface area contributed by atoms with Gasteiger partial charge in [-0.15, -0.1) is 0 Å². The molecule has 1 aliphatic rings. The number of likely N-dealkylation sites (tertiary alicyclic amines) is 1. The standard InChI is InChI=1S/C16H19N3OS/c1-18(2)16-17-13(12-8-4-3-5-9-12)14(21-16)15(20)19-10-6-7-11-19/h3-5,8-9H,6-7,10-11H2,1-2H3. The number of aromatic nitrogens is 1. The summed E-state index contributed by atoms with van der Waals surface area (Å²) in [5, 5.41) is 0.872. The normalized spacial score (nSPS) is 14.5. The van der Waals surface area contributed by atoms with Crippen LogP contribution in [0.2, 0.25) is 0 Å². The monoisotopic (exact) mass is 301 g/mol. The Bertz CT molecular complexity index is 630. The molecule has 110 valence electrons. The van der Waals surface area contributed by atoms with E-state index in [0.29, 0.717) is 0 Å². The van der Waals surface area contributed by atoms with Crippen LogP contribution in [0, 0.1) is 0 Å². The van der Waals surface area contributed by atoms with Gasteiger partial charge in [0.2, 0.25) is 0 Å². The molecule has 1 fully saturated rings. The van der Waals surface area contributed by atoms with Crippen molar-refractivity contribution >= 4 is 22.4 Å². The number of hydrogen-bond acceptors (Lipinski definition) is 4. The third-order valence-corrected chi connectivity index (χ3v) is 4.84. The van der Waals surface area contributed by atoms with Crippen LogP contribution in [0.5, 0.6) is 0 Å². The predicted octanol–water partition coefficient (Wildman–Crippen LogP) is 3.11. The number of carbonyl (C=O) groups is 1. The van der Waals surface area contributed by atoms with E-state index in [1.807, 2.05) is 54.2 Å². The number of hydrogen-bond donors (Lipinski definition) is 0. The summed E-state index contributed by atoms with van der Waals surface area (Å²) in [6.45, 7) is 1.73. The van der Waals surface area contributed by atoms with Gasteiger partial charge in [-0.1, -0.05) is 41.7 Å². The SMILES string of the molecule is CN(C)c1nc(-c2ccccc2)c(C(=O)N2CCCC2)s1. The van der Waals surface area contributed by atoms with Gasteiger partial charge in [0.05, 0.1) is 5.69 Å². The molecule has 1 aromatic carbocycles. The number of thiazole rings is 1. The zero-order chi connectivity index (χ0) is 14.8. The molecule has 2 heterocycles. The van der Waals surface area contributed by atoms with E-state index in [9.17, 15) is 4.79 Å². The Kier molecular flexibility index (Phi) is 3.92. The smallest absolute Gasteiger partial charge is 0.266 e. The lowest BCUT2D eigenvalue weighted by molar-refractivity contribution is 0.0798. The van der Waals surface area contributed by atoms with Crippen molar-refractivity contribution in [3.05, 3.63) is 35.2 Å². The number of rotatable bonds is 3. The molecule has 0 aliphatic carbocycles. The summed E-state index contributed by atoms with van der Waals surface area (Å²) in [6, 6.07) is 9.96. The van der Waals surface area contributed by atoms with E-state index in [2.05, 4.69) is 4.98 Å². The Hall–Kier alpha value is -1.88. The molecule has 1 aromatic heterocycles. The molecule has 1 saturated heterocycles. The zero-order valence-corrected chi connectivity index (χ0v) is 13.2. The lowest BCUT2D eigenvalue weighted by atomic mass is 10.1. The zero-order valence-electron chi connectivity index (χ0n) is 12.4. The molecule has 1 amide bonds. The minimum Gasteiger partial charge on any atom is -0.354 e. The van der Waals surface area contributed by atoms with Crippen molar-refractivity contribution in [2.75, 3.05) is 32.1 Å². The van der Waals surface area contributed by atoms with Crippen LogP contribution in [0.25, 0.3) is 11.3 Å². The van der Waals surface area contributed by atoms with Crippen molar-refractivity contribution in [1.82, 2.24) is 9.88 Å². The molecular formula is C16H19N3OS. The minimum atomic E-state index is 0.122. The number of anilines is 1. The van der Waals surface area contributed by atoms with E-state index >= 15 is 0 Å². The number of amides is 1. The quantitative estimate of drug-likeness (QED) is 0.874. The molecule has 0 unspecified atom stereocenters. The summed E-state index contributed by atoms with van der Waals surface area (Å²) in [4.78, 5) is 22.1. The van der Waals surface area contributed by atoms with Gasteiger partial charge in [0.25, 0.3) is 5.91 Å². The lowest BCUT2D eigenvalue weighted by Gasteiger charge is -2.14. The van der Waals surface area contributed by atoms with E-state index in [0.717, 1.165) is 47.2 Å².